The fraction of sp³-hybridized carbons (Fsp3) is 0.267. The highest BCUT2D eigenvalue weighted by atomic mass is 19.1. The minimum Gasteiger partial charge on any atom is -0.463 e. The van der Waals surface area contributed by atoms with Crippen molar-refractivity contribution in [2.24, 2.45) is 0 Å². The summed E-state index contributed by atoms with van der Waals surface area (Å²) in [7, 11) is 3.10. The average molecular weight is 277 g/mol. The second-order valence-electron chi connectivity index (χ2n) is 4.37. The molecule has 106 valence electrons. The fourth-order valence-corrected chi connectivity index (χ4v) is 1.95. The zero-order chi connectivity index (χ0) is 14.5. The van der Waals surface area contributed by atoms with E-state index in [0.717, 1.165) is 5.56 Å². The number of furan rings is 1. The van der Waals surface area contributed by atoms with Gasteiger partial charge in [0.15, 0.2) is 0 Å². The van der Waals surface area contributed by atoms with Gasteiger partial charge in [-0.2, -0.15) is 0 Å². The third-order valence-corrected chi connectivity index (χ3v) is 3.06. The smallest absolute Gasteiger partial charge is 0.373 e. The molecule has 1 unspecified atom stereocenters. The van der Waals surface area contributed by atoms with Crippen molar-refractivity contribution in [2.75, 3.05) is 14.2 Å². The molecule has 2 aromatic rings. The molecule has 0 fully saturated rings. The maximum Gasteiger partial charge on any atom is 0.373 e. The number of ether oxygens (including phenoxy) is 1. The van der Waals surface area contributed by atoms with Gasteiger partial charge in [-0.3, -0.25) is 0 Å². The molecule has 1 aromatic heterocycles. The van der Waals surface area contributed by atoms with Crippen LogP contribution in [0.15, 0.2) is 40.8 Å². The molecule has 0 saturated heterocycles. The van der Waals surface area contributed by atoms with Crippen molar-refractivity contribution < 1.29 is 18.3 Å². The molecule has 0 aliphatic rings. The molecule has 0 spiro atoms. The lowest BCUT2D eigenvalue weighted by molar-refractivity contribution is 0.0562. The molecule has 1 aromatic carbocycles. The van der Waals surface area contributed by atoms with Crippen LogP contribution in [0.4, 0.5) is 4.39 Å². The highest BCUT2D eigenvalue weighted by molar-refractivity contribution is 5.86. The van der Waals surface area contributed by atoms with Crippen LogP contribution in [0.5, 0.6) is 0 Å². The average Bonchev–Trinajstić information content (AvgIpc) is 2.95. The summed E-state index contributed by atoms with van der Waals surface area (Å²) in [5.74, 6) is 0.0349. The maximum absolute atomic E-state index is 12.9. The Kier molecular flexibility index (Phi) is 4.53. The molecule has 4 nitrogen and oxygen atoms in total. The predicted molar refractivity (Wildman–Crippen MR) is 72.0 cm³/mol. The Morgan fingerprint density at radius 3 is 2.60 bits per heavy atom. The van der Waals surface area contributed by atoms with Gasteiger partial charge in [-0.05, 0) is 43.3 Å². The van der Waals surface area contributed by atoms with Gasteiger partial charge in [-0.1, -0.05) is 12.1 Å². The van der Waals surface area contributed by atoms with Crippen LogP contribution >= 0.6 is 0 Å². The number of nitrogens with one attached hydrogen (secondary N) is 1. The first-order valence-corrected chi connectivity index (χ1v) is 6.23. The number of likely N-dealkylation sites (N-methyl/N-ethyl adjacent to an activating group) is 1. The molecule has 20 heavy (non-hydrogen) atoms. The lowest BCUT2D eigenvalue weighted by Gasteiger charge is -2.13. The zero-order valence-electron chi connectivity index (χ0n) is 11.4. The van der Waals surface area contributed by atoms with Crippen molar-refractivity contribution in [3.05, 3.63) is 59.3 Å². The summed E-state index contributed by atoms with van der Waals surface area (Å²) in [4.78, 5) is 11.4. The first kappa shape index (κ1) is 14.3. The van der Waals surface area contributed by atoms with Gasteiger partial charge in [0, 0.05) is 0 Å². The van der Waals surface area contributed by atoms with Crippen molar-refractivity contribution in [3.63, 3.8) is 0 Å². The summed E-state index contributed by atoms with van der Waals surface area (Å²) < 4.78 is 22.9. The lowest BCUT2D eigenvalue weighted by Crippen LogP contribution is -2.18. The van der Waals surface area contributed by atoms with Crippen molar-refractivity contribution in [2.45, 2.75) is 12.5 Å². The number of methoxy groups -OCH3 is 1. The van der Waals surface area contributed by atoms with Gasteiger partial charge >= 0.3 is 5.97 Å². The molecular weight excluding hydrogens is 261 g/mol. The summed E-state index contributed by atoms with van der Waals surface area (Å²) in [5.41, 5.74) is 0.974. The predicted octanol–water partition coefficient (Wildman–Crippen LogP) is 2.71. The van der Waals surface area contributed by atoms with Crippen LogP contribution in [0.2, 0.25) is 0 Å². The second kappa shape index (κ2) is 6.34. The minimum atomic E-state index is -0.507. The largest absolute Gasteiger partial charge is 0.463 e. The van der Waals surface area contributed by atoms with E-state index in [2.05, 4.69) is 10.1 Å². The molecule has 0 saturated carbocycles. The van der Waals surface area contributed by atoms with Crippen LogP contribution in [0, 0.1) is 5.82 Å². The molecule has 2 rings (SSSR count). The van der Waals surface area contributed by atoms with E-state index in [0.29, 0.717) is 12.2 Å². The van der Waals surface area contributed by atoms with Crippen molar-refractivity contribution in [1.29, 1.82) is 0 Å². The van der Waals surface area contributed by atoms with Crippen LogP contribution in [0.1, 0.15) is 27.9 Å². The SMILES string of the molecule is CNC(Cc1ccc(F)cc1)c1ccc(C(=O)OC)o1. The molecule has 0 amide bonds. The number of carbonyl (C=O) groups excluding carboxylic acids is 1. The zero-order valence-corrected chi connectivity index (χ0v) is 11.4. The normalized spacial score (nSPS) is 12.2. The van der Waals surface area contributed by atoms with Crippen molar-refractivity contribution in [3.8, 4) is 0 Å². The number of rotatable bonds is 5. The summed E-state index contributed by atoms with van der Waals surface area (Å²) in [6, 6.07) is 9.51. The quantitative estimate of drug-likeness (QED) is 0.854. The standard InChI is InChI=1S/C15H16FNO3/c1-17-12(9-10-3-5-11(16)6-4-10)13-7-8-14(20-13)15(18)19-2/h3-8,12,17H,9H2,1-2H3. The lowest BCUT2D eigenvalue weighted by atomic mass is 10.0. The van der Waals surface area contributed by atoms with E-state index in [-0.39, 0.29) is 17.6 Å². The number of benzene rings is 1. The van der Waals surface area contributed by atoms with Gasteiger partial charge in [0.05, 0.1) is 13.2 Å². The highest BCUT2D eigenvalue weighted by Crippen LogP contribution is 2.21. The topological polar surface area (TPSA) is 51.5 Å². The van der Waals surface area contributed by atoms with Gasteiger partial charge < -0.3 is 14.5 Å². The number of carbonyl (C=O) groups is 1. The molecule has 0 aliphatic carbocycles. The minimum absolute atomic E-state index is 0.0983. The first-order chi connectivity index (χ1) is 9.63. The van der Waals surface area contributed by atoms with Crippen LogP contribution in [0.25, 0.3) is 0 Å². The fourth-order valence-electron chi connectivity index (χ4n) is 1.95. The van der Waals surface area contributed by atoms with Crippen molar-refractivity contribution in [1.82, 2.24) is 5.32 Å². The van der Waals surface area contributed by atoms with Gasteiger partial charge in [-0.25, -0.2) is 9.18 Å². The molecule has 1 heterocycles. The van der Waals surface area contributed by atoms with Crippen LogP contribution in [0.3, 0.4) is 0 Å². The Morgan fingerprint density at radius 1 is 1.30 bits per heavy atom. The van der Waals surface area contributed by atoms with E-state index in [1.54, 1.807) is 31.3 Å². The monoisotopic (exact) mass is 277 g/mol. The molecule has 0 radical (unpaired) electrons. The Hall–Kier alpha value is -2.14. The van der Waals surface area contributed by atoms with E-state index in [4.69, 9.17) is 4.42 Å². The van der Waals surface area contributed by atoms with E-state index < -0.39 is 5.97 Å². The molecular formula is C15H16FNO3. The Balaban J connectivity index is 2.13. The maximum atomic E-state index is 12.9. The second-order valence-corrected chi connectivity index (χ2v) is 4.37. The van der Waals surface area contributed by atoms with E-state index in [1.807, 2.05) is 0 Å². The van der Waals surface area contributed by atoms with Crippen molar-refractivity contribution >= 4 is 5.97 Å². The van der Waals surface area contributed by atoms with Crippen LogP contribution < -0.4 is 5.32 Å². The van der Waals surface area contributed by atoms with E-state index in [9.17, 15) is 9.18 Å². The number of halogens is 1. The molecule has 1 N–H and O–H groups in total. The van der Waals surface area contributed by atoms with Gasteiger partial charge in [0.1, 0.15) is 11.6 Å². The van der Waals surface area contributed by atoms with Crippen LogP contribution in [-0.2, 0) is 11.2 Å². The summed E-state index contributed by atoms with van der Waals surface area (Å²) in [6.07, 6.45) is 0.630. The Morgan fingerprint density at radius 2 is 2.00 bits per heavy atom. The Bertz CT molecular complexity index is 577. The third-order valence-electron chi connectivity index (χ3n) is 3.06. The van der Waals surface area contributed by atoms with E-state index >= 15 is 0 Å². The highest BCUT2D eigenvalue weighted by Gasteiger charge is 2.17. The van der Waals surface area contributed by atoms with Gasteiger partial charge in [0.25, 0.3) is 0 Å². The molecule has 0 bridgehead atoms. The van der Waals surface area contributed by atoms with Gasteiger partial charge in [-0.15, -0.1) is 0 Å². The summed E-state index contributed by atoms with van der Waals surface area (Å²) in [6.45, 7) is 0. The Labute approximate surface area is 116 Å². The van der Waals surface area contributed by atoms with E-state index in [1.165, 1.54) is 19.2 Å². The first-order valence-electron chi connectivity index (χ1n) is 6.23. The van der Waals surface area contributed by atoms with Crippen LogP contribution in [-0.4, -0.2) is 20.1 Å². The molecule has 1 atom stereocenters. The molecule has 0 aliphatic heterocycles. The molecule has 5 heteroatoms. The number of esters is 1. The summed E-state index contributed by atoms with van der Waals surface area (Å²) >= 11 is 0. The third kappa shape index (κ3) is 3.24. The van der Waals surface area contributed by atoms with Gasteiger partial charge in [0.2, 0.25) is 5.76 Å². The number of hydrogen-bond acceptors (Lipinski definition) is 4. The summed E-state index contributed by atoms with van der Waals surface area (Å²) in [5, 5.41) is 3.11. The number of hydrogen-bond donors (Lipinski definition) is 1.